The van der Waals surface area contributed by atoms with Gasteiger partial charge in [0.25, 0.3) is 0 Å². The van der Waals surface area contributed by atoms with Crippen molar-refractivity contribution in [2.75, 3.05) is 0 Å². The minimum absolute atomic E-state index is 0.0154. The largest absolute Gasteiger partial charge is 0.465 e. The van der Waals surface area contributed by atoms with Gasteiger partial charge >= 0.3 is 0 Å². The third kappa shape index (κ3) is 3.52. The van der Waals surface area contributed by atoms with Crippen molar-refractivity contribution in [3.05, 3.63) is 65.6 Å². The third-order valence-corrected chi connectivity index (χ3v) is 4.21. The number of rotatable bonds is 4. The summed E-state index contributed by atoms with van der Waals surface area (Å²) in [7, 11) is 0. The maximum Gasteiger partial charge on any atom is 0.185 e. The molecule has 1 heterocycles. The molecule has 0 bridgehead atoms. The molecule has 1 aromatic heterocycles. The van der Waals surface area contributed by atoms with Crippen molar-refractivity contribution in [3.8, 4) is 0 Å². The van der Waals surface area contributed by atoms with E-state index >= 15 is 0 Å². The van der Waals surface area contributed by atoms with Gasteiger partial charge in [-0.3, -0.25) is 4.79 Å². The highest BCUT2D eigenvalue weighted by Crippen LogP contribution is 2.32. The molecule has 0 saturated heterocycles. The molecule has 1 saturated carbocycles. The fraction of sp³-hybridized carbons (Fsp3) is 0.316. The minimum atomic E-state index is 0.0154. The fourth-order valence-corrected chi connectivity index (χ4v) is 3.00. The van der Waals surface area contributed by atoms with E-state index in [9.17, 15) is 4.79 Å². The molecule has 3 rings (SSSR count). The molecule has 2 nitrogen and oxygen atoms in total. The lowest BCUT2D eigenvalue weighted by Gasteiger charge is -2.21. The number of furan rings is 1. The lowest BCUT2D eigenvalue weighted by Crippen LogP contribution is -2.04. The van der Waals surface area contributed by atoms with Crippen LogP contribution in [-0.2, 0) is 0 Å². The predicted octanol–water partition coefficient (Wildman–Crippen LogP) is 5.22. The normalized spacial score (nSPS) is 16.4. The minimum Gasteiger partial charge on any atom is -0.465 e. The zero-order valence-electron chi connectivity index (χ0n) is 12.1. The molecule has 1 aromatic carbocycles. The van der Waals surface area contributed by atoms with E-state index in [4.69, 9.17) is 4.42 Å². The SMILES string of the molecule is O=C(/C=C/c1ccco1)c1ccc(C2CCCCC2)cc1. The van der Waals surface area contributed by atoms with E-state index in [2.05, 4.69) is 12.1 Å². The highest BCUT2D eigenvalue weighted by atomic mass is 16.3. The second-order valence-electron chi connectivity index (χ2n) is 5.67. The van der Waals surface area contributed by atoms with Crippen LogP contribution in [0.5, 0.6) is 0 Å². The van der Waals surface area contributed by atoms with Gasteiger partial charge in [-0.2, -0.15) is 0 Å². The number of carbonyl (C=O) groups excluding carboxylic acids is 1. The summed E-state index contributed by atoms with van der Waals surface area (Å²) in [6, 6.07) is 11.8. The van der Waals surface area contributed by atoms with E-state index in [1.54, 1.807) is 18.4 Å². The lowest BCUT2D eigenvalue weighted by molar-refractivity contribution is 0.104. The summed E-state index contributed by atoms with van der Waals surface area (Å²) in [6.45, 7) is 0. The van der Waals surface area contributed by atoms with Crippen molar-refractivity contribution in [1.29, 1.82) is 0 Å². The second-order valence-corrected chi connectivity index (χ2v) is 5.67. The zero-order valence-corrected chi connectivity index (χ0v) is 12.1. The Labute approximate surface area is 125 Å². The average molecular weight is 280 g/mol. The van der Waals surface area contributed by atoms with Crippen LogP contribution in [0, 0.1) is 0 Å². The van der Waals surface area contributed by atoms with Crippen molar-refractivity contribution in [2.45, 2.75) is 38.0 Å². The highest BCUT2D eigenvalue weighted by Gasteiger charge is 2.15. The van der Waals surface area contributed by atoms with Crippen LogP contribution in [-0.4, -0.2) is 5.78 Å². The van der Waals surface area contributed by atoms with Gasteiger partial charge < -0.3 is 4.42 Å². The predicted molar refractivity (Wildman–Crippen MR) is 84.3 cm³/mol. The Morgan fingerprint density at radius 3 is 2.48 bits per heavy atom. The fourth-order valence-electron chi connectivity index (χ4n) is 3.00. The molecule has 1 aliphatic rings. The first kappa shape index (κ1) is 13.9. The molecule has 0 N–H and O–H groups in total. The highest BCUT2D eigenvalue weighted by molar-refractivity contribution is 6.06. The smallest absolute Gasteiger partial charge is 0.185 e. The molecule has 0 spiro atoms. The summed E-state index contributed by atoms with van der Waals surface area (Å²) in [6.07, 6.45) is 11.5. The third-order valence-electron chi connectivity index (χ3n) is 4.21. The summed E-state index contributed by atoms with van der Waals surface area (Å²) in [5.41, 5.74) is 2.11. The van der Waals surface area contributed by atoms with Crippen molar-refractivity contribution < 1.29 is 9.21 Å². The summed E-state index contributed by atoms with van der Waals surface area (Å²) in [5.74, 6) is 1.39. The van der Waals surface area contributed by atoms with Crippen LogP contribution in [0.4, 0.5) is 0 Å². The van der Waals surface area contributed by atoms with Gasteiger partial charge in [0.15, 0.2) is 5.78 Å². The van der Waals surface area contributed by atoms with Gasteiger partial charge in [-0.15, -0.1) is 0 Å². The molecule has 0 radical (unpaired) electrons. The summed E-state index contributed by atoms with van der Waals surface area (Å²) in [4.78, 5) is 12.1. The number of hydrogen-bond acceptors (Lipinski definition) is 2. The molecule has 0 aliphatic heterocycles. The Morgan fingerprint density at radius 1 is 1.05 bits per heavy atom. The molecule has 0 unspecified atom stereocenters. The van der Waals surface area contributed by atoms with Gasteiger partial charge in [0.2, 0.25) is 0 Å². The Balaban J connectivity index is 1.67. The second kappa shape index (κ2) is 6.57. The number of ketones is 1. The van der Waals surface area contributed by atoms with Gasteiger partial charge in [-0.25, -0.2) is 0 Å². The first-order valence-electron chi connectivity index (χ1n) is 7.69. The quantitative estimate of drug-likeness (QED) is 0.567. The Morgan fingerprint density at radius 2 is 1.81 bits per heavy atom. The molecule has 1 fully saturated rings. The Hall–Kier alpha value is -2.09. The molecule has 0 amide bonds. The Kier molecular flexibility index (Phi) is 4.34. The first-order chi connectivity index (χ1) is 10.3. The Bertz CT molecular complexity index is 600. The van der Waals surface area contributed by atoms with Gasteiger partial charge in [-0.1, -0.05) is 43.5 Å². The number of hydrogen-bond donors (Lipinski definition) is 0. The van der Waals surface area contributed by atoms with E-state index in [1.807, 2.05) is 24.3 Å². The van der Waals surface area contributed by atoms with E-state index in [-0.39, 0.29) is 5.78 Å². The van der Waals surface area contributed by atoms with Crippen LogP contribution in [0.3, 0.4) is 0 Å². The lowest BCUT2D eigenvalue weighted by atomic mass is 9.84. The number of allylic oxidation sites excluding steroid dienone is 1. The molecule has 108 valence electrons. The maximum absolute atomic E-state index is 12.1. The van der Waals surface area contributed by atoms with Gasteiger partial charge in [0.1, 0.15) is 5.76 Å². The average Bonchev–Trinajstić information content (AvgIpc) is 3.07. The molecule has 2 heteroatoms. The summed E-state index contributed by atoms with van der Waals surface area (Å²) >= 11 is 0. The van der Waals surface area contributed by atoms with Crippen LogP contribution in [0.2, 0.25) is 0 Å². The van der Waals surface area contributed by atoms with Crippen molar-refractivity contribution >= 4 is 11.9 Å². The summed E-state index contributed by atoms with van der Waals surface area (Å²) in [5, 5.41) is 0. The topological polar surface area (TPSA) is 30.2 Å². The van der Waals surface area contributed by atoms with Crippen molar-refractivity contribution in [1.82, 2.24) is 0 Å². The van der Waals surface area contributed by atoms with Gasteiger partial charge in [0.05, 0.1) is 6.26 Å². The van der Waals surface area contributed by atoms with Gasteiger partial charge in [-0.05, 0) is 48.6 Å². The molecular weight excluding hydrogens is 260 g/mol. The summed E-state index contributed by atoms with van der Waals surface area (Å²) < 4.78 is 5.18. The van der Waals surface area contributed by atoms with Crippen LogP contribution < -0.4 is 0 Å². The van der Waals surface area contributed by atoms with E-state index in [0.29, 0.717) is 11.7 Å². The molecule has 21 heavy (non-hydrogen) atoms. The molecule has 0 atom stereocenters. The van der Waals surface area contributed by atoms with Crippen LogP contribution in [0.25, 0.3) is 6.08 Å². The van der Waals surface area contributed by atoms with Crippen LogP contribution in [0.1, 0.15) is 59.7 Å². The molecule has 2 aromatic rings. The zero-order chi connectivity index (χ0) is 14.5. The van der Waals surface area contributed by atoms with Crippen LogP contribution in [0.15, 0.2) is 53.2 Å². The van der Waals surface area contributed by atoms with E-state index in [0.717, 1.165) is 5.56 Å². The van der Waals surface area contributed by atoms with E-state index in [1.165, 1.54) is 37.7 Å². The van der Waals surface area contributed by atoms with Crippen LogP contribution >= 0.6 is 0 Å². The number of benzene rings is 1. The van der Waals surface area contributed by atoms with Gasteiger partial charge in [0, 0.05) is 5.56 Å². The van der Waals surface area contributed by atoms with Crippen molar-refractivity contribution in [2.24, 2.45) is 0 Å². The van der Waals surface area contributed by atoms with Crippen molar-refractivity contribution in [3.63, 3.8) is 0 Å². The standard InChI is InChI=1S/C19H20O2/c20-19(13-12-18-7-4-14-21-18)17-10-8-16(9-11-17)15-5-2-1-3-6-15/h4,7-15H,1-3,5-6H2/b13-12+. The monoisotopic (exact) mass is 280 g/mol. The first-order valence-corrected chi connectivity index (χ1v) is 7.69. The molecular formula is C19H20O2. The molecule has 1 aliphatic carbocycles. The number of carbonyl (C=O) groups is 1. The maximum atomic E-state index is 12.1. The van der Waals surface area contributed by atoms with E-state index < -0.39 is 0 Å².